The van der Waals surface area contributed by atoms with Gasteiger partial charge in [0.2, 0.25) is 5.91 Å². The highest BCUT2D eigenvalue weighted by atomic mass is 16.2. The van der Waals surface area contributed by atoms with Crippen molar-refractivity contribution in [2.24, 2.45) is 11.8 Å². The first-order valence-electron chi connectivity index (χ1n) is 7.90. The smallest absolute Gasteiger partial charge is 0.315 e. The first-order valence-corrected chi connectivity index (χ1v) is 7.90. The van der Waals surface area contributed by atoms with E-state index in [2.05, 4.69) is 22.9 Å². The van der Waals surface area contributed by atoms with Crippen LogP contribution in [-0.4, -0.2) is 31.1 Å². The van der Waals surface area contributed by atoms with Gasteiger partial charge in [0.1, 0.15) is 0 Å². The van der Waals surface area contributed by atoms with Crippen LogP contribution in [0.1, 0.15) is 51.9 Å². The number of amides is 3. The normalized spacial score (nSPS) is 28.1. The molecule has 0 bridgehead atoms. The highest BCUT2D eigenvalue weighted by Gasteiger charge is 2.32. The maximum Gasteiger partial charge on any atom is 0.315 e. The van der Waals surface area contributed by atoms with E-state index in [1.54, 1.807) is 7.05 Å². The summed E-state index contributed by atoms with van der Waals surface area (Å²) in [5.41, 5.74) is 0. The number of nitrogens with one attached hydrogen (secondary N) is 3. The van der Waals surface area contributed by atoms with Crippen LogP contribution in [-0.2, 0) is 4.79 Å². The number of urea groups is 1. The van der Waals surface area contributed by atoms with Crippen LogP contribution >= 0.6 is 0 Å². The zero-order valence-corrected chi connectivity index (χ0v) is 12.6. The molecule has 3 atom stereocenters. The molecular formula is C15H27N3O2. The summed E-state index contributed by atoms with van der Waals surface area (Å²) in [5.74, 6) is 0.586. The molecule has 0 unspecified atom stereocenters. The first-order chi connectivity index (χ1) is 9.61. The van der Waals surface area contributed by atoms with E-state index >= 15 is 0 Å². The quantitative estimate of drug-likeness (QED) is 0.735. The van der Waals surface area contributed by atoms with Crippen LogP contribution in [0.4, 0.5) is 4.79 Å². The van der Waals surface area contributed by atoms with Crippen molar-refractivity contribution in [3.63, 3.8) is 0 Å². The molecule has 0 heterocycles. The van der Waals surface area contributed by atoms with Crippen LogP contribution in [0.3, 0.4) is 0 Å². The molecule has 0 radical (unpaired) electrons. The number of hydrogen-bond donors (Lipinski definition) is 3. The summed E-state index contributed by atoms with van der Waals surface area (Å²) >= 11 is 0. The van der Waals surface area contributed by atoms with Gasteiger partial charge in [0.15, 0.2) is 0 Å². The highest BCUT2D eigenvalue weighted by molar-refractivity contribution is 5.81. The topological polar surface area (TPSA) is 70.2 Å². The van der Waals surface area contributed by atoms with Gasteiger partial charge >= 0.3 is 6.03 Å². The van der Waals surface area contributed by atoms with E-state index in [-0.39, 0.29) is 29.9 Å². The van der Waals surface area contributed by atoms with Crippen molar-refractivity contribution in [3.05, 3.63) is 0 Å². The molecule has 2 saturated carbocycles. The van der Waals surface area contributed by atoms with Crippen molar-refractivity contribution in [1.82, 2.24) is 16.0 Å². The van der Waals surface area contributed by atoms with Crippen LogP contribution in [0.15, 0.2) is 0 Å². The molecule has 114 valence electrons. The van der Waals surface area contributed by atoms with Crippen molar-refractivity contribution in [2.75, 3.05) is 7.05 Å². The molecule has 5 heteroatoms. The van der Waals surface area contributed by atoms with E-state index in [0.717, 1.165) is 25.7 Å². The summed E-state index contributed by atoms with van der Waals surface area (Å²) in [6, 6.07) is 0.0771. The number of rotatable bonds is 4. The summed E-state index contributed by atoms with van der Waals surface area (Å²) in [5, 5.41) is 8.74. The Kier molecular flexibility index (Phi) is 5.26. The molecule has 5 nitrogen and oxygen atoms in total. The molecule has 0 aliphatic heterocycles. The number of carbonyl (C=O) groups excluding carboxylic acids is 2. The predicted molar refractivity (Wildman–Crippen MR) is 78.3 cm³/mol. The lowest BCUT2D eigenvalue weighted by Crippen LogP contribution is -2.53. The van der Waals surface area contributed by atoms with Crippen LogP contribution < -0.4 is 16.0 Å². The Morgan fingerprint density at radius 3 is 2.35 bits per heavy atom. The largest absolute Gasteiger partial charge is 0.359 e. The highest BCUT2D eigenvalue weighted by Crippen LogP contribution is 2.29. The fraction of sp³-hybridized carbons (Fsp3) is 0.867. The summed E-state index contributed by atoms with van der Waals surface area (Å²) in [6.45, 7) is 2.07. The van der Waals surface area contributed by atoms with Gasteiger partial charge in [-0.2, -0.15) is 0 Å². The Bertz CT molecular complexity index is 355. The minimum Gasteiger partial charge on any atom is -0.359 e. The second-order valence-corrected chi connectivity index (χ2v) is 6.21. The van der Waals surface area contributed by atoms with Gasteiger partial charge in [-0.15, -0.1) is 0 Å². The zero-order chi connectivity index (χ0) is 14.5. The summed E-state index contributed by atoms with van der Waals surface area (Å²) in [6.07, 6.45) is 7.61. The molecule has 0 saturated heterocycles. The average molecular weight is 281 g/mol. The standard InChI is InChI=1S/C15H27N3O2/c1-10(11-6-5-7-11)17-15(20)18-13-9-4-3-8-12(13)14(19)16-2/h10-13H,3-9H2,1-2H3,(H,16,19)(H2,17,18,20)/t10-,12-,13+/m1/s1. The lowest BCUT2D eigenvalue weighted by molar-refractivity contribution is -0.126. The zero-order valence-electron chi connectivity index (χ0n) is 12.6. The maximum atomic E-state index is 12.1. The van der Waals surface area contributed by atoms with Crippen molar-refractivity contribution in [2.45, 2.75) is 64.0 Å². The van der Waals surface area contributed by atoms with Crippen LogP contribution in [0.25, 0.3) is 0 Å². The molecule has 2 rings (SSSR count). The molecule has 0 aromatic rings. The average Bonchev–Trinajstić information content (AvgIpc) is 2.36. The van der Waals surface area contributed by atoms with Crippen LogP contribution in [0.2, 0.25) is 0 Å². The Labute approximate surface area is 121 Å². The Balaban J connectivity index is 1.82. The maximum absolute atomic E-state index is 12.1. The fourth-order valence-electron chi connectivity index (χ4n) is 3.28. The fourth-order valence-corrected chi connectivity index (χ4v) is 3.28. The molecule has 2 aliphatic carbocycles. The minimum atomic E-state index is -0.120. The van der Waals surface area contributed by atoms with E-state index in [1.807, 2.05) is 0 Å². The third-order valence-electron chi connectivity index (χ3n) is 4.88. The van der Waals surface area contributed by atoms with Gasteiger partial charge < -0.3 is 16.0 Å². The molecule has 0 spiro atoms. The van der Waals surface area contributed by atoms with Gasteiger partial charge in [0.05, 0.1) is 5.92 Å². The Morgan fingerprint density at radius 2 is 1.75 bits per heavy atom. The Morgan fingerprint density at radius 1 is 1.05 bits per heavy atom. The first kappa shape index (κ1) is 15.1. The van der Waals surface area contributed by atoms with Gasteiger partial charge in [0.25, 0.3) is 0 Å². The molecule has 2 fully saturated rings. The van der Waals surface area contributed by atoms with Gasteiger partial charge in [-0.05, 0) is 38.5 Å². The van der Waals surface area contributed by atoms with Crippen molar-refractivity contribution >= 4 is 11.9 Å². The second kappa shape index (κ2) is 6.95. The molecule has 2 aliphatic rings. The van der Waals surface area contributed by atoms with Crippen molar-refractivity contribution < 1.29 is 9.59 Å². The monoisotopic (exact) mass is 281 g/mol. The molecular weight excluding hydrogens is 254 g/mol. The van der Waals surface area contributed by atoms with Crippen molar-refractivity contribution in [3.8, 4) is 0 Å². The lowest BCUT2D eigenvalue weighted by atomic mass is 9.80. The summed E-state index contributed by atoms with van der Waals surface area (Å²) < 4.78 is 0. The van der Waals surface area contributed by atoms with E-state index in [9.17, 15) is 9.59 Å². The van der Waals surface area contributed by atoms with E-state index in [1.165, 1.54) is 19.3 Å². The van der Waals surface area contributed by atoms with Gasteiger partial charge in [-0.1, -0.05) is 19.3 Å². The van der Waals surface area contributed by atoms with Gasteiger partial charge in [-0.25, -0.2) is 4.79 Å². The van der Waals surface area contributed by atoms with Crippen LogP contribution in [0, 0.1) is 11.8 Å². The van der Waals surface area contributed by atoms with Gasteiger partial charge in [-0.3, -0.25) is 4.79 Å². The molecule has 20 heavy (non-hydrogen) atoms. The SMILES string of the molecule is CNC(=O)[C@@H]1CCCC[C@@H]1NC(=O)N[C@H](C)C1CCC1. The minimum absolute atomic E-state index is 0.0303. The van der Waals surface area contributed by atoms with E-state index < -0.39 is 0 Å². The Hall–Kier alpha value is -1.26. The van der Waals surface area contributed by atoms with Crippen molar-refractivity contribution in [1.29, 1.82) is 0 Å². The third kappa shape index (κ3) is 3.64. The number of hydrogen-bond acceptors (Lipinski definition) is 2. The molecule has 0 aromatic heterocycles. The predicted octanol–water partition coefficient (Wildman–Crippen LogP) is 1.78. The van der Waals surface area contributed by atoms with E-state index in [0.29, 0.717) is 5.92 Å². The molecule has 3 N–H and O–H groups in total. The molecule has 0 aromatic carbocycles. The molecule has 3 amide bonds. The lowest BCUT2D eigenvalue weighted by Gasteiger charge is -2.34. The van der Waals surface area contributed by atoms with Crippen LogP contribution in [0.5, 0.6) is 0 Å². The van der Waals surface area contributed by atoms with E-state index in [4.69, 9.17) is 0 Å². The number of carbonyl (C=O) groups is 2. The summed E-state index contributed by atoms with van der Waals surface area (Å²) in [4.78, 5) is 23.9. The summed E-state index contributed by atoms with van der Waals surface area (Å²) in [7, 11) is 1.66. The third-order valence-corrected chi connectivity index (χ3v) is 4.88. The second-order valence-electron chi connectivity index (χ2n) is 6.21. The van der Waals surface area contributed by atoms with Gasteiger partial charge in [0, 0.05) is 19.1 Å².